The average Bonchev–Trinajstić information content (AvgIpc) is 3.91. The third-order valence-corrected chi connectivity index (χ3v) is 13.2. The van der Waals surface area contributed by atoms with E-state index in [2.05, 4.69) is 191 Å². The predicted molar refractivity (Wildman–Crippen MR) is 241 cm³/mol. The maximum atomic E-state index is 2.56. The van der Waals surface area contributed by atoms with Gasteiger partial charge in [-0.2, -0.15) is 0 Å². The largest absolute Gasteiger partial charge is 0.313 e. The van der Waals surface area contributed by atoms with Gasteiger partial charge in [-0.15, -0.1) is 0 Å². The standard InChI is InChI=1S/C55H42N2/c1-4-17-38(18-5-1)55(49-28-13-10-23-43(49)44-24-11-14-29-50(44)55)39-32-34-52-48(36-39)46-33-31-37(35-53(46)56(52)40-19-6-2-7-20-40)42-26-16-27-47-45-25-12-15-30-51(45)57(54(42)47)41-21-8-3-9-22-41/h1-2,4-6,8,10,12-19,21-23,25-36H,3,7,9,11,20,24H2. The fourth-order valence-electron chi connectivity index (χ4n) is 10.8. The lowest BCUT2D eigenvalue weighted by atomic mass is 9.66. The van der Waals surface area contributed by atoms with E-state index in [0.29, 0.717) is 0 Å². The summed E-state index contributed by atoms with van der Waals surface area (Å²) in [7, 11) is 0. The van der Waals surface area contributed by atoms with E-state index in [1.54, 1.807) is 0 Å². The molecule has 0 spiro atoms. The van der Waals surface area contributed by atoms with Gasteiger partial charge in [0.2, 0.25) is 0 Å². The molecule has 0 aliphatic heterocycles. The number of aromatic nitrogens is 2. The lowest BCUT2D eigenvalue weighted by Gasteiger charge is -2.35. The molecule has 8 aromatic rings. The lowest BCUT2D eigenvalue weighted by Crippen LogP contribution is -2.29. The third-order valence-electron chi connectivity index (χ3n) is 13.2. The van der Waals surface area contributed by atoms with Crippen molar-refractivity contribution in [2.45, 2.75) is 43.9 Å². The van der Waals surface area contributed by atoms with Gasteiger partial charge in [0.25, 0.3) is 0 Å². The molecule has 2 heterocycles. The number of allylic oxidation sites excluding steroid dienone is 12. The summed E-state index contributed by atoms with van der Waals surface area (Å²) >= 11 is 0. The van der Waals surface area contributed by atoms with Crippen LogP contribution in [0, 0.1) is 0 Å². The van der Waals surface area contributed by atoms with E-state index in [1.807, 2.05) is 0 Å². The molecular formula is C55H42N2. The molecular weight excluding hydrogens is 689 g/mol. The van der Waals surface area contributed by atoms with E-state index in [1.165, 1.54) is 99.5 Å². The molecule has 1 atom stereocenters. The van der Waals surface area contributed by atoms with Gasteiger partial charge in [0.05, 0.1) is 27.5 Å². The summed E-state index contributed by atoms with van der Waals surface area (Å²) in [4.78, 5) is 0. The number of nitrogens with zero attached hydrogens (tertiary/aromatic N) is 2. The van der Waals surface area contributed by atoms with Gasteiger partial charge in [-0.3, -0.25) is 0 Å². The van der Waals surface area contributed by atoms with Crippen LogP contribution in [-0.4, -0.2) is 9.13 Å². The van der Waals surface area contributed by atoms with Crippen molar-refractivity contribution >= 4 is 60.6 Å². The predicted octanol–water partition coefficient (Wildman–Crippen LogP) is 14.4. The Morgan fingerprint density at radius 1 is 0.491 bits per heavy atom. The second-order valence-electron chi connectivity index (χ2n) is 16.1. The number of para-hydroxylation sites is 2. The molecule has 2 heteroatoms. The Labute approximate surface area is 333 Å². The van der Waals surface area contributed by atoms with Crippen molar-refractivity contribution in [2.75, 3.05) is 0 Å². The van der Waals surface area contributed by atoms with Gasteiger partial charge < -0.3 is 9.13 Å². The van der Waals surface area contributed by atoms with Crippen LogP contribution < -0.4 is 0 Å². The summed E-state index contributed by atoms with van der Waals surface area (Å²) in [5.41, 5.74) is 18.1. The van der Waals surface area contributed by atoms with Crippen molar-refractivity contribution < 1.29 is 0 Å². The number of rotatable bonds is 5. The minimum Gasteiger partial charge on any atom is -0.313 e. The number of fused-ring (bicyclic) bond motifs is 8. The van der Waals surface area contributed by atoms with E-state index in [0.717, 1.165) is 38.5 Å². The Morgan fingerprint density at radius 2 is 1.28 bits per heavy atom. The Morgan fingerprint density at radius 3 is 2.18 bits per heavy atom. The van der Waals surface area contributed by atoms with Crippen LogP contribution in [0.15, 0.2) is 188 Å². The van der Waals surface area contributed by atoms with Gasteiger partial charge in [0, 0.05) is 38.5 Å². The number of benzene rings is 6. The van der Waals surface area contributed by atoms with Crippen LogP contribution in [-0.2, 0) is 5.41 Å². The highest BCUT2D eigenvalue weighted by atomic mass is 15.0. The monoisotopic (exact) mass is 730 g/mol. The first kappa shape index (κ1) is 32.6. The first-order valence-corrected chi connectivity index (χ1v) is 20.7. The van der Waals surface area contributed by atoms with Crippen molar-refractivity contribution in [3.8, 4) is 11.1 Å². The highest BCUT2D eigenvalue weighted by Gasteiger charge is 2.47. The van der Waals surface area contributed by atoms with Crippen molar-refractivity contribution in [3.63, 3.8) is 0 Å². The average molecular weight is 731 g/mol. The molecule has 0 amide bonds. The molecule has 4 aliphatic rings. The van der Waals surface area contributed by atoms with E-state index in [9.17, 15) is 0 Å². The summed E-state index contributed by atoms with van der Waals surface area (Å²) in [6.45, 7) is 0. The first-order valence-electron chi connectivity index (χ1n) is 20.7. The molecule has 0 bridgehead atoms. The molecule has 1 unspecified atom stereocenters. The topological polar surface area (TPSA) is 9.86 Å². The molecule has 6 aromatic carbocycles. The second-order valence-corrected chi connectivity index (χ2v) is 16.1. The third kappa shape index (κ3) is 4.65. The van der Waals surface area contributed by atoms with Crippen LogP contribution in [0.2, 0.25) is 0 Å². The Balaban J connectivity index is 1.14. The molecule has 0 N–H and O–H groups in total. The minimum absolute atomic E-state index is 0.398. The van der Waals surface area contributed by atoms with Crippen LogP contribution in [0.3, 0.4) is 0 Å². The summed E-state index contributed by atoms with van der Waals surface area (Å²) in [6.07, 6.45) is 25.1. The second kappa shape index (κ2) is 12.7. The first-order chi connectivity index (χ1) is 28.3. The zero-order valence-electron chi connectivity index (χ0n) is 32.0. The molecule has 12 rings (SSSR count). The molecule has 0 saturated carbocycles. The molecule has 2 aromatic heterocycles. The Kier molecular flexibility index (Phi) is 7.26. The highest BCUT2D eigenvalue weighted by molar-refractivity contribution is 6.16. The Hall–Kier alpha value is -6.64. The maximum absolute atomic E-state index is 2.56. The lowest BCUT2D eigenvalue weighted by molar-refractivity contribution is 0.758. The quantitative estimate of drug-likeness (QED) is 0.167. The van der Waals surface area contributed by atoms with E-state index in [-0.39, 0.29) is 0 Å². The van der Waals surface area contributed by atoms with Gasteiger partial charge in [-0.1, -0.05) is 146 Å². The number of hydrogen-bond acceptors (Lipinski definition) is 0. The smallest absolute Gasteiger partial charge is 0.0710 e. The normalized spacial score (nSPS) is 18.8. The van der Waals surface area contributed by atoms with Crippen molar-refractivity contribution in [1.29, 1.82) is 0 Å². The van der Waals surface area contributed by atoms with E-state index < -0.39 is 5.41 Å². The number of hydrogen-bond donors (Lipinski definition) is 0. The summed E-state index contributed by atoms with van der Waals surface area (Å²) in [5.74, 6) is 0. The summed E-state index contributed by atoms with van der Waals surface area (Å²) < 4.78 is 5.06. The van der Waals surface area contributed by atoms with Gasteiger partial charge in [0.15, 0.2) is 0 Å². The van der Waals surface area contributed by atoms with Crippen LogP contribution in [0.4, 0.5) is 0 Å². The van der Waals surface area contributed by atoms with Crippen LogP contribution in [0.5, 0.6) is 0 Å². The maximum Gasteiger partial charge on any atom is 0.0710 e. The van der Waals surface area contributed by atoms with Crippen LogP contribution in [0.25, 0.3) is 71.7 Å². The fourth-order valence-corrected chi connectivity index (χ4v) is 10.8. The highest BCUT2D eigenvalue weighted by Crippen LogP contribution is 2.57. The van der Waals surface area contributed by atoms with Gasteiger partial charge in [0.1, 0.15) is 0 Å². The molecule has 2 nitrogen and oxygen atoms in total. The van der Waals surface area contributed by atoms with Crippen molar-refractivity contribution in [2.24, 2.45) is 0 Å². The Bertz CT molecular complexity index is 3170. The SMILES string of the molecule is C1=CCCC(n2c3ccc(C4(c5ccccc5)C5=C(CCC=C5)c5ccccc54)cc3c3ccc(-c4cccc5c6ccccc6n(C6=CCCC=C6)c45)cc32)=C1. The fraction of sp³-hybridized carbons (Fsp3) is 0.127. The van der Waals surface area contributed by atoms with Crippen molar-refractivity contribution in [3.05, 3.63) is 210 Å². The van der Waals surface area contributed by atoms with Gasteiger partial charge in [-0.05, 0) is 114 Å². The molecule has 57 heavy (non-hydrogen) atoms. The van der Waals surface area contributed by atoms with Gasteiger partial charge in [-0.25, -0.2) is 0 Å². The summed E-state index contributed by atoms with van der Waals surface area (Å²) in [5, 5.41) is 5.18. The molecule has 4 aliphatic carbocycles. The van der Waals surface area contributed by atoms with E-state index >= 15 is 0 Å². The van der Waals surface area contributed by atoms with E-state index in [4.69, 9.17) is 0 Å². The molecule has 0 saturated heterocycles. The zero-order chi connectivity index (χ0) is 37.5. The molecule has 0 radical (unpaired) electrons. The summed E-state index contributed by atoms with van der Waals surface area (Å²) in [6, 6.07) is 50.8. The molecule has 0 fully saturated rings. The minimum atomic E-state index is -0.398. The zero-order valence-corrected chi connectivity index (χ0v) is 32.0. The van der Waals surface area contributed by atoms with Crippen LogP contribution in [0.1, 0.15) is 60.8 Å². The van der Waals surface area contributed by atoms with Crippen LogP contribution >= 0.6 is 0 Å². The van der Waals surface area contributed by atoms with Gasteiger partial charge >= 0.3 is 0 Å². The van der Waals surface area contributed by atoms with Crippen molar-refractivity contribution in [1.82, 2.24) is 9.13 Å². The molecule has 272 valence electrons.